The van der Waals surface area contributed by atoms with Crippen LogP contribution in [-0.4, -0.2) is 31.2 Å². The van der Waals surface area contributed by atoms with Gasteiger partial charge >= 0.3 is 0 Å². The standard InChI is InChI=1S/C13H24O3/c1-9(2)12(10(3)4)14-7-11-8-15-13(5,6)16-11/h10-12H,1,7-8H2,2-6H3. The third kappa shape index (κ3) is 3.89. The van der Waals surface area contributed by atoms with Crippen molar-refractivity contribution >= 4 is 0 Å². The minimum absolute atomic E-state index is 0.0376. The lowest BCUT2D eigenvalue weighted by atomic mass is 10.0. The van der Waals surface area contributed by atoms with E-state index in [-0.39, 0.29) is 12.2 Å². The van der Waals surface area contributed by atoms with Crippen LogP contribution in [0, 0.1) is 5.92 Å². The Morgan fingerprint density at radius 2 is 2.12 bits per heavy atom. The van der Waals surface area contributed by atoms with E-state index in [0.717, 1.165) is 5.57 Å². The number of hydrogen-bond acceptors (Lipinski definition) is 3. The van der Waals surface area contributed by atoms with Gasteiger partial charge in [0.05, 0.1) is 19.3 Å². The van der Waals surface area contributed by atoms with Crippen molar-refractivity contribution < 1.29 is 14.2 Å². The molecule has 0 amide bonds. The van der Waals surface area contributed by atoms with Gasteiger partial charge in [0, 0.05) is 0 Å². The number of hydrogen-bond donors (Lipinski definition) is 0. The van der Waals surface area contributed by atoms with Crippen LogP contribution in [0.2, 0.25) is 0 Å². The fourth-order valence-electron chi connectivity index (χ4n) is 1.96. The van der Waals surface area contributed by atoms with Crippen LogP contribution < -0.4 is 0 Å². The zero-order valence-corrected chi connectivity index (χ0v) is 11.1. The molecule has 0 aromatic rings. The van der Waals surface area contributed by atoms with Gasteiger partial charge in [-0.2, -0.15) is 0 Å². The van der Waals surface area contributed by atoms with Crippen molar-refractivity contribution in [1.29, 1.82) is 0 Å². The zero-order valence-electron chi connectivity index (χ0n) is 11.1. The van der Waals surface area contributed by atoms with Crippen LogP contribution in [0.25, 0.3) is 0 Å². The second-order valence-electron chi connectivity index (χ2n) is 5.29. The molecule has 2 unspecified atom stereocenters. The van der Waals surface area contributed by atoms with Gasteiger partial charge in [-0.15, -0.1) is 0 Å². The molecule has 2 atom stereocenters. The van der Waals surface area contributed by atoms with Crippen molar-refractivity contribution in [2.45, 2.75) is 52.6 Å². The average molecular weight is 228 g/mol. The van der Waals surface area contributed by atoms with Crippen LogP contribution in [0.4, 0.5) is 0 Å². The molecule has 1 aliphatic heterocycles. The summed E-state index contributed by atoms with van der Waals surface area (Å²) in [6.45, 7) is 15.2. The molecule has 1 heterocycles. The van der Waals surface area contributed by atoms with Crippen LogP contribution in [0.5, 0.6) is 0 Å². The van der Waals surface area contributed by atoms with Crippen molar-refractivity contribution in [3.8, 4) is 0 Å². The van der Waals surface area contributed by atoms with Crippen LogP contribution in [0.3, 0.4) is 0 Å². The molecule has 0 spiro atoms. The Morgan fingerprint density at radius 3 is 2.50 bits per heavy atom. The maximum atomic E-state index is 5.84. The summed E-state index contributed by atoms with van der Waals surface area (Å²) in [4.78, 5) is 0. The molecular formula is C13H24O3. The molecule has 3 nitrogen and oxygen atoms in total. The minimum atomic E-state index is -0.468. The number of ether oxygens (including phenoxy) is 3. The molecule has 3 heteroatoms. The second kappa shape index (κ2) is 5.30. The summed E-state index contributed by atoms with van der Waals surface area (Å²) in [6.07, 6.45) is 0.142. The molecule has 0 radical (unpaired) electrons. The van der Waals surface area contributed by atoms with Crippen LogP contribution in [0.15, 0.2) is 12.2 Å². The van der Waals surface area contributed by atoms with Gasteiger partial charge < -0.3 is 14.2 Å². The topological polar surface area (TPSA) is 27.7 Å². The Balaban J connectivity index is 2.36. The van der Waals surface area contributed by atoms with Crippen LogP contribution >= 0.6 is 0 Å². The fourth-order valence-corrected chi connectivity index (χ4v) is 1.96. The highest BCUT2D eigenvalue weighted by Gasteiger charge is 2.33. The molecule has 0 bridgehead atoms. The third-order valence-corrected chi connectivity index (χ3v) is 2.62. The van der Waals surface area contributed by atoms with E-state index in [1.165, 1.54) is 0 Å². The van der Waals surface area contributed by atoms with Crippen molar-refractivity contribution in [1.82, 2.24) is 0 Å². The van der Waals surface area contributed by atoms with Gasteiger partial charge in [-0.3, -0.25) is 0 Å². The van der Waals surface area contributed by atoms with Crippen LogP contribution in [-0.2, 0) is 14.2 Å². The van der Waals surface area contributed by atoms with E-state index in [2.05, 4.69) is 20.4 Å². The molecule has 0 aromatic carbocycles. The lowest BCUT2D eigenvalue weighted by Gasteiger charge is -2.23. The number of rotatable bonds is 5. The highest BCUT2D eigenvalue weighted by Crippen LogP contribution is 2.23. The first kappa shape index (κ1) is 13.7. The molecule has 16 heavy (non-hydrogen) atoms. The molecule has 94 valence electrons. The molecule has 1 rings (SSSR count). The predicted octanol–water partition coefficient (Wildman–Crippen LogP) is 2.76. The molecule has 1 saturated heterocycles. The smallest absolute Gasteiger partial charge is 0.163 e. The normalized spacial score (nSPS) is 26.0. The Labute approximate surface area is 98.8 Å². The largest absolute Gasteiger partial charge is 0.371 e. The van der Waals surface area contributed by atoms with Gasteiger partial charge in [-0.05, 0) is 26.7 Å². The molecular weight excluding hydrogens is 204 g/mol. The quantitative estimate of drug-likeness (QED) is 0.677. The van der Waals surface area contributed by atoms with Gasteiger partial charge in [0.1, 0.15) is 6.10 Å². The summed E-state index contributed by atoms with van der Waals surface area (Å²) in [6, 6.07) is 0. The van der Waals surface area contributed by atoms with Gasteiger partial charge in [-0.25, -0.2) is 0 Å². The molecule has 0 aromatic heterocycles. The van der Waals surface area contributed by atoms with E-state index in [1.54, 1.807) is 0 Å². The summed E-state index contributed by atoms with van der Waals surface area (Å²) in [5.41, 5.74) is 1.06. The summed E-state index contributed by atoms with van der Waals surface area (Å²) in [7, 11) is 0. The maximum absolute atomic E-state index is 5.84. The van der Waals surface area contributed by atoms with Crippen LogP contribution in [0.1, 0.15) is 34.6 Å². The van der Waals surface area contributed by atoms with Gasteiger partial charge in [0.2, 0.25) is 0 Å². The van der Waals surface area contributed by atoms with Gasteiger partial charge in [-0.1, -0.05) is 26.0 Å². The predicted molar refractivity (Wildman–Crippen MR) is 64.3 cm³/mol. The summed E-state index contributed by atoms with van der Waals surface area (Å²) >= 11 is 0. The monoisotopic (exact) mass is 228 g/mol. The van der Waals surface area contributed by atoms with Gasteiger partial charge in [0.25, 0.3) is 0 Å². The highest BCUT2D eigenvalue weighted by atomic mass is 16.7. The zero-order chi connectivity index (χ0) is 12.3. The van der Waals surface area contributed by atoms with E-state index in [9.17, 15) is 0 Å². The molecule has 0 saturated carbocycles. The van der Waals surface area contributed by atoms with Crippen molar-refractivity contribution in [2.75, 3.05) is 13.2 Å². The van der Waals surface area contributed by atoms with E-state index in [4.69, 9.17) is 14.2 Å². The Morgan fingerprint density at radius 1 is 1.50 bits per heavy atom. The third-order valence-electron chi connectivity index (χ3n) is 2.62. The second-order valence-corrected chi connectivity index (χ2v) is 5.29. The van der Waals surface area contributed by atoms with E-state index in [0.29, 0.717) is 19.1 Å². The summed E-state index contributed by atoms with van der Waals surface area (Å²) in [5, 5.41) is 0. The van der Waals surface area contributed by atoms with Gasteiger partial charge in [0.15, 0.2) is 5.79 Å². The SMILES string of the molecule is C=C(C)C(OCC1COC(C)(C)O1)C(C)C. The fraction of sp³-hybridized carbons (Fsp3) is 0.846. The Hall–Kier alpha value is -0.380. The molecule has 0 aliphatic carbocycles. The minimum Gasteiger partial charge on any atom is -0.371 e. The molecule has 0 N–H and O–H groups in total. The van der Waals surface area contributed by atoms with Crippen molar-refractivity contribution in [3.05, 3.63) is 12.2 Å². The maximum Gasteiger partial charge on any atom is 0.163 e. The Kier molecular flexibility index (Phi) is 4.53. The first-order valence-electron chi connectivity index (χ1n) is 5.90. The van der Waals surface area contributed by atoms with E-state index < -0.39 is 5.79 Å². The average Bonchev–Trinajstić information content (AvgIpc) is 2.44. The lowest BCUT2D eigenvalue weighted by Crippen LogP contribution is -2.29. The van der Waals surface area contributed by atoms with Crippen molar-refractivity contribution in [3.63, 3.8) is 0 Å². The Bertz CT molecular complexity index is 246. The van der Waals surface area contributed by atoms with E-state index in [1.807, 2.05) is 20.8 Å². The summed E-state index contributed by atoms with van der Waals surface area (Å²) in [5.74, 6) is -0.0299. The van der Waals surface area contributed by atoms with E-state index >= 15 is 0 Å². The first-order valence-corrected chi connectivity index (χ1v) is 5.90. The molecule has 1 aliphatic rings. The first-order chi connectivity index (χ1) is 7.32. The summed E-state index contributed by atoms with van der Waals surface area (Å²) < 4.78 is 17.0. The van der Waals surface area contributed by atoms with Crippen molar-refractivity contribution in [2.24, 2.45) is 5.92 Å². The lowest BCUT2D eigenvalue weighted by molar-refractivity contribution is -0.147. The molecule has 1 fully saturated rings. The highest BCUT2D eigenvalue weighted by molar-refractivity contribution is 4.99.